The molecule has 3 fully saturated rings. The zero-order valence-electron chi connectivity index (χ0n) is 18.0. The maximum atomic E-state index is 12.8. The summed E-state index contributed by atoms with van der Waals surface area (Å²) in [4.78, 5) is 29.8. The van der Waals surface area contributed by atoms with Gasteiger partial charge in [0.15, 0.2) is 0 Å². The van der Waals surface area contributed by atoms with Crippen molar-refractivity contribution in [3.8, 4) is 0 Å². The van der Waals surface area contributed by atoms with E-state index in [2.05, 4.69) is 23.2 Å². The second-order valence-electron chi connectivity index (χ2n) is 9.36. The molecule has 1 N–H and O–H groups in total. The SMILES string of the molecule is Cc1cccc(N2CC(C(=O)NC3CCN(CC4CCCC4)CC3)CC2=O)c1C. The van der Waals surface area contributed by atoms with Crippen LogP contribution in [0, 0.1) is 25.7 Å². The third-order valence-electron chi connectivity index (χ3n) is 7.29. The fourth-order valence-corrected chi connectivity index (χ4v) is 5.28. The number of carbonyl (C=O) groups is 2. The molecule has 29 heavy (non-hydrogen) atoms. The third kappa shape index (κ3) is 4.66. The predicted octanol–water partition coefficient (Wildman–Crippen LogP) is 3.43. The molecular weight excluding hydrogens is 362 g/mol. The number of anilines is 1. The standard InChI is InChI=1S/C24H35N3O2/c1-17-6-5-9-22(18(17)2)27-16-20(14-23(27)28)24(29)25-21-10-12-26(13-11-21)15-19-7-3-4-8-19/h5-6,9,19-21H,3-4,7-8,10-16H2,1-2H3,(H,25,29). The van der Waals surface area contributed by atoms with Crippen molar-refractivity contribution in [2.75, 3.05) is 31.1 Å². The van der Waals surface area contributed by atoms with Gasteiger partial charge in [0, 0.05) is 44.3 Å². The molecule has 0 aromatic heterocycles. The predicted molar refractivity (Wildman–Crippen MR) is 116 cm³/mol. The van der Waals surface area contributed by atoms with Crippen molar-refractivity contribution in [1.82, 2.24) is 10.2 Å². The highest BCUT2D eigenvalue weighted by atomic mass is 16.2. The number of hydrogen-bond donors (Lipinski definition) is 1. The van der Waals surface area contributed by atoms with Crippen LogP contribution in [0.15, 0.2) is 18.2 Å². The summed E-state index contributed by atoms with van der Waals surface area (Å²) in [5.41, 5.74) is 3.25. The van der Waals surface area contributed by atoms with Crippen molar-refractivity contribution in [3.05, 3.63) is 29.3 Å². The minimum atomic E-state index is -0.237. The maximum absolute atomic E-state index is 12.8. The van der Waals surface area contributed by atoms with Gasteiger partial charge >= 0.3 is 0 Å². The molecule has 2 heterocycles. The third-order valence-corrected chi connectivity index (χ3v) is 7.29. The molecule has 1 unspecified atom stereocenters. The summed E-state index contributed by atoms with van der Waals surface area (Å²) in [6, 6.07) is 6.29. The van der Waals surface area contributed by atoms with Gasteiger partial charge in [-0.1, -0.05) is 25.0 Å². The van der Waals surface area contributed by atoms with E-state index in [-0.39, 0.29) is 23.8 Å². The van der Waals surface area contributed by atoms with Crippen LogP contribution in [0.1, 0.15) is 56.1 Å². The van der Waals surface area contributed by atoms with Gasteiger partial charge in [0.05, 0.1) is 5.92 Å². The number of benzene rings is 1. The van der Waals surface area contributed by atoms with Crippen molar-refractivity contribution in [2.24, 2.45) is 11.8 Å². The van der Waals surface area contributed by atoms with Gasteiger partial charge in [-0.15, -0.1) is 0 Å². The molecule has 158 valence electrons. The monoisotopic (exact) mass is 397 g/mol. The molecule has 1 saturated carbocycles. The van der Waals surface area contributed by atoms with Gasteiger partial charge < -0.3 is 15.1 Å². The largest absolute Gasteiger partial charge is 0.353 e. The van der Waals surface area contributed by atoms with Gasteiger partial charge in [-0.2, -0.15) is 0 Å². The number of nitrogens with zero attached hydrogens (tertiary/aromatic N) is 2. The lowest BCUT2D eigenvalue weighted by atomic mass is 10.0. The molecule has 2 aliphatic heterocycles. The average Bonchev–Trinajstić information content (AvgIpc) is 3.35. The molecule has 2 saturated heterocycles. The Bertz CT molecular complexity index is 748. The zero-order chi connectivity index (χ0) is 20.4. The number of hydrogen-bond acceptors (Lipinski definition) is 3. The lowest BCUT2D eigenvalue weighted by Gasteiger charge is -2.34. The number of aryl methyl sites for hydroxylation is 1. The van der Waals surface area contributed by atoms with Crippen molar-refractivity contribution in [1.29, 1.82) is 0 Å². The average molecular weight is 398 g/mol. The quantitative estimate of drug-likeness (QED) is 0.828. The second kappa shape index (κ2) is 8.86. The summed E-state index contributed by atoms with van der Waals surface area (Å²) in [5, 5.41) is 3.25. The van der Waals surface area contributed by atoms with Crippen LogP contribution in [0.2, 0.25) is 0 Å². The molecule has 1 aromatic rings. The van der Waals surface area contributed by atoms with E-state index in [1.807, 2.05) is 19.1 Å². The maximum Gasteiger partial charge on any atom is 0.227 e. The molecular formula is C24H35N3O2. The highest BCUT2D eigenvalue weighted by Gasteiger charge is 2.36. The molecule has 5 heteroatoms. The van der Waals surface area contributed by atoms with E-state index in [1.165, 1.54) is 37.8 Å². The van der Waals surface area contributed by atoms with Crippen molar-refractivity contribution < 1.29 is 9.59 Å². The van der Waals surface area contributed by atoms with E-state index < -0.39 is 0 Å². The van der Waals surface area contributed by atoms with E-state index >= 15 is 0 Å². The number of likely N-dealkylation sites (tertiary alicyclic amines) is 1. The lowest BCUT2D eigenvalue weighted by molar-refractivity contribution is -0.127. The minimum absolute atomic E-state index is 0.0559. The first-order chi connectivity index (χ1) is 14.0. The van der Waals surface area contributed by atoms with Crippen LogP contribution in [0.3, 0.4) is 0 Å². The topological polar surface area (TPSA) is 52.7 Å². The molecule has 1 aliphatic carbocycles. The molecule has 2 amide bonds. The summed E-state index contributed by atoms with van der Waals surface area (Å²) < 4.78 is 0. The van der Waals surface area contributed by atoms with Crippen LogP contribution in [-0.4, -0.2) is 48.9 Å². The Morgan fingerprint density at radius 2 is 1.83 bits per heavy atom. The zero-order valence-corrected chi connectivity index (χ0v) is 18.0. The molecule has 0 bridgehead atoms. The van der Waals surface area contributed by atoms with Crippen LogP contribution in [0.25, 0.3) is 0 Å². The molecule has 1 atom stereocenters. The number of amides is 2. The van der Waals surface area contributed by atoms with Gasteiger partial charge in [0.25, 0.3) is 0 Å². The fraction of sp³-hybridized carbons (Fsp3) is 0.667. The lowest BCUT2D eigenvalue weighted by Crippen LogP contribution is -2.47. The molecule has 4 rings (SSSR count). The molecule has 5 nitrogen and oxygen atoms in total. The first-order valence-corrected chi connectivity index (χ1v) is 11.4. The molecule has 3 aliphatic rings. The fourth-order valence-electron chi connectivity index (χ4n) is 5.28. The van der Waals surface area contributed by atoms with Gasteiger partial charge in [0.2, 0.25) is 11.8 Å². The van der Waals surface area contributed by atoms with E-state index in [4.69, 9.17) is 0 Å². The highest BCUT2D eigenvalue weighted by Crippen LogP contribution is 2.30. The van der Waals surface area contributed by atoms with Crippen LogP contribution < -0.4 is 10.2 Å². The highest BCUT2D eigenvalue weighted by molar-refractivity contribution is 6.01. The molecule has 0 radical (unpaired) electrons. The normalized spacial score (nSPS) is 24.4. The summed E-state index contributed by atoms with van der Waals surface area (Å²) in [6.45, 7) is 8.00. The van der Waals surface area contributed by atoms with Crippen LogP contribution in [0.5, 0.6) is 0 Å². The number of carbonyl (C=O) groups excluding carboxylic acids is 2. The summed E-state index contributed by atoms with van der Waals surface area (Å²) >= 11 is 0. The Morgan fingerprint density at radius 3 is 2.55 bits per heavy atom. The van der Waals surface area contributed by atoms with E-state index in [0.717, 1.165) is 43.1 Å². The second-order valence-corrected chi connectivity index (χ2v) is 9.36. The summed E-state index contributed by atoms with van der Waals surface area (Å²) in [5.74, 6) is 0.770. The Morgan fingerprint density at radius 1 is 1.10 bits per heavy atom. The first kappa shape index (κ1) is 20.4. The number of nitrogens with one attached hydrogen (secondary N) is 1. The van der Waals surface area contributed by atoms with Gasteiger partial charge in [-0.25, -0.2) is 0 Å². The Labute approximate surface area is 174 Å². The van der Waals surface area contributed by atoms with Crippen molar-refractivity contribution in [2.45, 2.75) is 64.8 Å². The Balaban J connectivity index is 1.27. The number of piperidine rings is 1. The van der Waals surface area contributed by atoms with Crippen molar-refractivity contribution in [3.63, 3.8) is 0 Å². The van der Waals surface area contributed by atoms with E-state index in [0.29, 0.717) is 13.0 Å². The molecule has 0 spiro atoms. The number of rotatable bonds is 5. The van der Waals surface area contributed by atoms with Crippen LogP contribution >= 0.6 is 0 Å². The van der Waals surface area contributed by atoms with Gasteiger partial charge in [0.1, 0.15) is 0 Å². The van der Waals surface area contributed by atoms with Gasteiger partial charge in [-0.05, 0) is 62.6 Å². The Hall–Kier alpha value is -1.88. The van der Waals surface area contributed by atoms with Crippen LogP contribution in [-0.2, 0) is 9.59 Å². The summed E-state index contributed by atoms with van der Waals surface area (Å²) in [6.07, 6.45) is 7.96. The van der Waals surface area contributed by atoms with E-state index in [1.54, 1.807) is 4.90 Å². The van der Waals surface area contributed by atoms with E-state index in [9.17, 15) is 9.59 Å². The summed E-state index contributed by atoms with van der Waals surface area (Å²) in [7, 11) is 0. The van der Waals surface area contributed by atoms with Gasteiger partial charge in [-0.3, -0.25) is 9.59 Å². The first-order valence-electron chi connectivity index (χ1n) is 11.4. The smallest absolute Gasteiger partial charge is 0.227 e. The molecule has 1 aromatic carbocycles. The minimum Gasteiger partial charge on any atom is -0.353 e. The van der Waals surface area contributed by atoms with Crippen LogP contribution in [0.4, 0.5) is 5.69 Å². The van der Waals surface area contributed by atoms with Crippen molar-refractivity contribution >= 4 is 17.5 Å². The Kier molecular flexibility index (Phi) is 6.23.